The molecule has 1 aromatic rings. The van der Waals surface area contributed by atoms with Crippen molar-refractivity contribution < 1.29 is 23.9 Å². The number of hydrogen-bond acceptors (Lipinski definition) is 4. The van der Waals surface area contributed by atoms with Crippen LogP contribution in [0.5, 0.6) is 0 Å². The molecule has 1 rings (SSSR count). The van der Waals surface area contributed by atoms with E-state index in [-0.39, 0.29) is 12.2 Å². The number of aliphatic hydroxyl groups is 3. The first-order valence-corrected chi connectivity index (χ1v) is 7.32. The molecular formula is C13H19FO4S. The molecule has 0 saturated heterocycles. The second-order valence-electron chi connectivity index (χ2n) is 4.48. The summed E-state index contributed by atoms with van der Waals surface area (Å²) in [6.45, 7) is 1.34. The maximum absolute atomic E-state index is 13.5. The molecule has 0 aliphatic heterocycles. The van der Waals surface area contributed by atoms with E-state index in [4.69, 9.17) is 10.2 Å². The molecule has 1 aromatic carbocycles. The Morgan fingerprint density at radius 3 is 2.37 bits per heavy atom. The molecule has 0 aliphatic carbocycles. The van der Waals surface area contributed by atoms with Gasteiger partial charge in [0, 0.05) is 11.3 Å². The molecule has 0 amide bonds. The number of benzene rings is 1. The van der Waals surface area contributed by atoms with Crippen molar-refractivity contribution in [3.8, 4) is 0 Å². The summed E-state index contributed by atoms with van der Waals surface area (Å²) in [5.41, 5.74) is 1.02. The molecule has 108 valence electrons. The highest BCUT2D eigenvalue weighted by molar-refractivity contribution is 7.85. The van der Waals surface area contributed by atoms with Gasteiger partial charge in [0.2, 0.25) is 0 Å². The average Bonchev–Trinajstić information content (AvgIpc) is 2.38. The fraction of sp³-hybridized carbons (Fsp3) is 0.538. The van der Waals surface area contributed by atoms with E-state index in [1.807, 2.05) is 6.92 Å². The van der Waals surface area contributed by atoms with Gasteiger partial charge in [-0.1, -0.05) is 17.7 Å². The van der Waals surface area contributed by atoms with Gasteiger partial charge < -0.3 is 15.3 Å². The van der Waals surface area contributed by atoms with Gasteiger partial charge >= 0.3 is 0 Å². The first kappa shape index (κ1) is 16.2. The summed E-state index contributed by atoms with van der Waals surface area (Å²) in [5, 5.41) is 27.3. The normalized spacial score (nSPS) is 17.7. The van der Waals surface area contributed by atoms with Crippen molar-refractivity contribution in [1.82, 2.24) is 0 Å². The Bertz CT molecular complexity index is 410. The van der Waals surface area contributed by atoms with Gasteiger partial charge in [-0.15, -0.1) is 0 Å². The van der Waals surface area contributed by atoms with Gasteiger partial charge in [-0.05, 0) is 19.1 Å². The Morgan fingerprint density at radius 1 is 1.26 bits per heavy atom. The Hall–Kier alpha value is -0.820. The number of hydrogen-bond donors (Lipinski definition) is 3. The van der Waals surface area contributed by atoms with E-state index in [0.29, 0.717) is 4.90 Å². The van der Waals surface area contributed by atoms with Crippen LogP contribution in [0.4, 0.5) is 4.39 Å². The first-order chi connectivity index (χ1) is 8.93. The number of aliphatic hydroxyl groups excluding tert-OH is 3. The highest BCUT2D eigenvalue weighted by Crippen LogP contribution is 2.14. The Kier molecular flexibility index (Phi) is 6.57. The van der Waals surface area contributed by atoms with E-state index in [0.717, 1.165) is 5.56 Å². The van der Waals surface area contributed by atoms with Crippen LogP contribution in [-0.2, 0) is 10.8 Å². The lowest BCUT2D eigenvalue weighted by molar-refractivity contribution is 0.0261. The van der Waals surface area contributed by atoms with Gasteiger partial charge in [0.15, 0.2) is 0 Å². The van der Waals surface area contributed by atoms with Crippen LogP contribution in [0.25, 0.3) is 0 Å². The Balaban J connectivity index is 2.54. The predicted octanol–water partition coefficient (Wildman–Crippen LogP) is 0.545. The van der Waals surface area contributed by atoms with Gasteiger partial charge in [0.05, 0.1) is 35.4 Å². The number of alkyl halides is 1. The first-order valence-electron chi connectivity index (χ1n) is 6.00. The van der Waals surface area contributed by atoms with E-state index in [9.17, 15) is 13.7 Å². The maximum Gasteiger partial charge on any atom is 0.129 e. The predicted molar refractivity (Wildman–Crippen MR) is 71.1 cm³/mol. The third-order valence-corrected chi connectivity index (χ3v) is 4.17. The molecule has 0 saturated carbocycles. The minimum atomic E-state index is -1.71. The summed E-state index contributed by atoms with van der Waals surface area (Å²) in [7, 11) is -1.49. The summed E-state index contributed by atoms with van der Waals surface area (Å²) >= 11 is 0. The molecule has 4 atom stereocenters. The van der Waals surface area contributed by atoms with Crippen molar-refractivity contribution in [1.29, 1.82) is 0 Å². The summed E-state index contributed by atoms with van der Waals surface area (Å²) < 4.78 is 25.4. The Labute approximate surface area is 114 Å². The van der Waals surface area contributed by atoms with Gasteiger partial charge in [-0.3, -0.25) is 4.21 Å². The van der Waals surface area contributed by atoms with E-state index >= 15 is 0 Å². The third kappa shape index (κ3) is 5.36. The average molecular weight is 290 g/mol. The molecule has 3 N–H and O–H groups in total. The van der Waals surface area contributed by atoms with Crippen LogP contribution in [0.15, 0.2) is 29.2 Å². The van der Waals surface area contributed by atoms with Crippen LogP contribution < -0.4 is 0 Å². The van der Waals surface area contributed by atoms with E-state index in [2.05, 4.69) is 0 Å². The largest absolute Gasteiger partial charge is 0.394 e. The second kappa shape index (κ2) is 7.69. The zero-order valence-corrected chi connectivity index (χ0v) is 11.5. The number of rotatable bonds is 7. The maximum atomic E-state index is 13.5. The monoisotopic (exact) mass is 290 g/mol. The van der Waals surface area contributed by atoms with Crippen LogP contribution in [0.2, 0.25) is 0 Å². The number of halogens is 1. The van der Waals surface area contributed by atoms with E-state index in [1.54, 1.807) is 24.3 Å². The highest BCUT2D eigenvalue weighted by atomic mass is 32.2. The summed E-state index contributed by atoms with van der Waals surface area (Å²) in [6, 6.07) is 6.94. The zero-order valence-electron chi connectivity index (χ0n) is 10.7. The van der Waals surface area contributed by atoms with Crippen molar-refractivity contribution in [2.24, 2.45) is 0 Å². The molecule has 19 heavy (non-hydrogen) atoms. The molecule has 0 bridgehead atoms. The summed E-state index contributed by atoms with van der Waals surface area (Å²) in [4.78, 5) is 0.527. The van der Waals surface area contributed by atoms with Gasteiger partial charge in [-0.2, -0.15) is 0 Å². The topological polar surface area (TPSA) is 77.8 Å². The van der Waals surface area contributed by atoms with Crippen molar-refractivity contribution >= 4 is 10.8 Å². The van der Waals surface area contributed by atoms with E-state index < -0.39 is 35.8 Å². The molecule has 6 heteroatoms. The van der Waals surface area contributed by atoms with Crippen LogP contribution in [0, 0.1) is 6.92 Å². The lowest BCUT2D eigenvalue weighted by Crippen LogP contribution is -2.32. The SMILES string of the molecule is Cc1ccc(S(=O)C[C@@H](O)[C@@H](F)CC(O)CO)cc1. The van der Waals surface area contributed by atoms with E-state index in [1.165, 1.54) is 0 Å². The standard InChI is InChI=1S/C13H19FO4S/c1-9-2-4-11(5-3-9)19(18)8-13(17)12(14)6-10(16)7-15/h2-5,10,12-13,15-17H,6-8H2,1H3/t10?,12-,13+,19?/m0/s1. The van der Waals surface area contributed by atoms with Gasteiger partial charge in [-0.25, -0.2) is 4.39 Å². The second-order valence-corrected chi connectivity index (χ2v) is 5.98. The summed E-state index contributed by atoms with van der Waals surface area (Å²) in [5.74, 6) is -0.234. The minimum Gasteiger partial charge on any atom is -0.394 e. The van der Waals surface area contributed by atoms with Crippen molar-refractivity contribution in [3.63, 3.8) is 0 Å². The van der Waals surface area contributed by atoms with Crippen LogP contribution >= 0.6 is 0 Å². The molecule has 4 nitrogen and oxygen atoms in total. The molecule has 0 fully saturated rings. The van der Waals surface area contributed by atoms with Crippen molar-refractivity contribution in [2.45, 2.75) is 36.6 Å². The van der Waals surface area contributed by atoms with Crippen LogP contribution in [-0.4, -0.2) is 50.3 Å². The molecule has 0 aliphatic rings. The molecule has 2 unspecified atom stereocenters. The lowest BCUT2D eigenvalue weighted by Gasteiger charge is -2.17. The van der Waals surface area contributed by atoms with Crippen LogP contribution in [0.1, 0.15) is 12.0 Å². The third-order valence-electron chi connectivity index (χ3n) is 2.73. The Morgan fingerprint density at radius 2 is 1.84 bits per heavy atom. The zero-order chi connectivity index (χ0) is 14.4. The fourth-order valence-electron chi connectivity index (χ4n) is 1.54. The molecule has 0 aromatic heterocycles. The van der Waals surface area contributed by atoms with Crippen molar-refractivity contribution in [2.75, 3.05) is 12.4 Å². The molecule has 0 radical (unpaired) electrons. The lowest BCUT2D eigenvalue weighted by atomic mass is 10.1. The van der Waals surface area contributed by atoms with Crippen LogP contribution in [0.3, 0.4) is 0 Å². The fourth-order valence-corrected chi connectivity index (χ4v) is 2.69. The highest BCUT2D eigenvalue weighted by Gasteiger charge is 2.24. The molecule has 0 heterocycles. The van der Waals surface area contributed by atoms with Crippen molar-refractivity contribution in [3.05, 3.63) is 29.8 Å². The smallest absolute Gasteiger partial charge is 0.129 e. The van der Waals surface area contributed by atoms with Gasteiger partial charge in [0.25, 0.3) is 0 Å². The molecule has 0 spiro atoms. The molecular weight excluding hydrogens is 271 g/mol. The quantitative estimate of drug-likeness (QED) is 0.685. The van der Waals surface area contributed by atoms with Gasteiger partial charge in [0.1, 0.15) is 6.17 Å². The number of aryl methyl sites for hydroxylation is 1. The summed E-state index contributed by atoms with van der Waals surface area (Å²) in [6.07, 6.45) is -4.72. The minimum absolute atomic E-state index is 0.234.